The zero-order valence-corrected chi connectivity index (χ0v) is 11.2. The Bertz CT molecular complexity index is 509. The number of nitrogens with zero attached hydrogens (tertiary/aromatic N) is 4. The van der Waals surface area contributed by atoms with Gasteiger partial charge in [-0.1, -0.05) is 43.6 Å². The van der Waals surface area contributed by atoms with Crippen LogP contribution in [0.5, 0.6) is 0 Å². The summed E-state index contributed by atoms with van der Waals surface area (Å²) in [6, 6.07) is 8.11. The van der Waals surface area contributed by atoms with E-state index in [2.05, 4.69) is 34.7 Å². The van der Waals surface area contributed by atoms with Crippen LogP contribution in [0.15, 0.2) is 24.3 Å². The fraction of sp³-hybridized carbons (Fsp3) is 0.417. The van der Waals surface area contributed by atoms with Gasteiger partial charge in [0.1, 0.15) is 0 Å². The summed E-state index contributed by atoms with van der Waals surface area (Å²) in [6.07, 6.45) is 0. The average Bonchev–Trinajstić information content (AvgIpc) is 2.77. The van der Waals surface area contributed by atoms with Gasteiger partial charge in [-0.25, -0.2) is 4.68 Å². The third-order valence-electron chi connectivity index (χ3n) is 2.55. The van der Waals surface area contributed by atoms with Gasteiger partial charge >= 0.3 is 0 Å². The summed E-state index contributed by atoms with van der Waals surface area (Å²) in [6.45, 7) is 5.40. The standard InChI is InChI=1S/C12H16ClN5/c1-9(2)14-7-12-15-16-17-18(12)8-10-5-3-4-6-11(10)13/h3-6,9,14H,7-8H2,1-2H3. The second kappa shape index (κ2) is 5.93. The van der Waals surface area contributed by atoms with Crippen LogP contribution in [0.2, 0.25) is 5.02 Å². The topological polar surface area (TPSA) is 55.6 Å². The first-order valence-electron chi connectivity index (χ1n) is 5.88. The lowest BCUT2D eigenvalue weighted by Gasteiger charge is -2.09. The quantitative estimate of drug-likeness (QED) is 0.897. The van der Waals surface area contributed by atoms with Gasteiger partial charge in [-0.05, 0) is 22.1 Å². The molecule has 0 spiro atoms. The van der Waals surface area contributed by atoms with Crippen molar-refractivity contribution in [2.75, 3.05) is 0 Å². The molecule has 0 saturated heterocycles. The maximum atomic E-state index is 6.12. The molecule has 1 N–H and O–H groups in total. The van der Waals surface area contributed by atoms with E-state index < -0.39 is 0 Å². The van der Waals surface area contributed by atoms with Gasteiger partial charge in [-0.2, -0.15) is 0 Å². The second-order valence-corrected chi connectivity index (χ2v) is 4.79. The van der Waals surface area contributed by atoms with Gasteiger partial charge in [-0.15, -0.1) is 5.10 Å². The summed E-state index contributed by atoms with van der Waals surface area (Å²) < 4.78 is 1.76. The van der Waals surface area contributed by atoms with Crippen molar-refractivity contribution < 1.29 is 0 Å². The molecule has 1 aromatic heterocycles. The molecule has 1 heterocycles. The minimum absolute atomic E-state index is 0.399. The highest BCUT2D eigenvalue weighted by Crippen LogP contribution is 2.16. The van der Waals surface area contributed by atoms with Gasteiger partial charge in [0, 0.05) is 11.1 Å². The van der Waals surface area contributed by atoms with Crippen molar-refractivity contribution in [2.45, 2.75) is 33.0 Å². The highest BCUT2D eigenvalue weighted by atomic mass is 35.5. The Balaban J connectivity index is 2.10. The highest BCUT2D eigenvalue weighted by Gasteiger charge is 2.08. The maximum Gasteiger partial charge on any atom is 0.165 e. The molecular formula is C12H16ClN5. The predicted molar refractivity (Wildman–Crippen MR) is 70.3 cm³/mol. The van der Waals surface area contributed by atoms with Gasteiger partial charge in [-0.3, -0.25) is 0 Å². The van der Waals surface area contributed by atoms with E-state index in [-0.39, 0.29) is 0 Å². The molecule has 0 aliphatic heterocycles. The Morgan fingerprint density at radius 1 is 1.33 bits per heavy atom. The Morgan fingerprint density at radius 3 is 2.83 bits per heavy atom. The van der Waals surface area contributed by atoms with Crippen LogP contribution in [-0.4, -0.2) is 26.2 Å². The minimum atomic E-state index is 0.399. The van der Waals surface area contributed by atoms with Crippen molar-refractivity contribution in [2.24, 2.45) is 0 Å². The first kappa shape index (κ1) is 13.0. The third-order valence-corrected chi connectivity index (χ3v) is 2.92. The lowest BCUT2D eigenvalue weighted by molar-refractivity contribution is 0.537. The average molecular weight is 266 g/mol. The van der Waals surface area contributed by atoms with Crippen LogP contribution >= 0.6 is 11.6 Å². The molecule has 2 aromatic rings. The van der Waals surface area contributed by atoms with Crippen LogP contribution in [0.25, 0.3) is 0 Å². The molecule has 0 fully saturated rings. The van der Waals surface area contributed by atoms with Crippen molar-refractivity contribution in [3.8, 4) is 0 Å². The number of rotatable bonds is 5. The first-order valence-corrected chi connectivity index (χ1v) is 6.26. The van der Waals surface area contributed by atoms with E-state index in [9.17, 15) is 0 Å². The number of hydrogen-bond acceptors (Lipinski definition) is 4. The molecule has 1 aromatic carbocycles. The molecule has 0 atom stereocenters. The number of benzene rings is 1. The summed E-state index contributed by atoms with van der Waals surface area (Å²) in [7, 11) is 0. The van der Waals surface area contributed by atoms with Crippen LogP contribution in [0.1, 0.15) is 25.2 Å². The summed E-state index contributed by atoms with van der Waals surface area (Å²) in [5.74, 6) is 0.809. The van der Waals surface area contributed by atoms with Crippen LogP contribution in [0.4, 0.5) is 0 Å². The van der Waals surface area contributed by atoms with E-state index in [0.717, 1.165) is 16.4 Å². The van der Waals surface area contributed by atoms with Crippen molar-refractivity contribution in [1.29, 1.82) is 0 Å². The van der Waals surface area contributed by atoms with Crippen molar-refractivity contribution in [3.05, 3.63) is 40.7 Å². The third kappa shape index (κ3) is 3.27. The molecule has 0 amide bonds. The SMILES string of the molecule is CC(C)NCc1nnnn1Cc1ccccc1Cl. The normalized spacial score (nSPS) is 11.1. The molecule has 0 unspecified atom stereocenters. The maximum absolute atomic E-state index is 6.12. The molecule has 0 bridgehead atoms. The first-order chi connectivity index (χ1) is 8.66. The predicted octanol–water partition coefficient (Wildman–Crippen LogP) is 1.87. The number of tetrazole rings is 1. The van der Waals surface area contributed by atoms with E-state index in [0.29, 0.717) is 19.1 Å². The molecule has 0 saturated carbocycles. The Hall–Kier alpha value is -1.46. The van der Waals surface area contributed by atoms with E-state index in [4.69, 9.17) is 11.6 Å². The molecule has 6 heteroatoms. The van der Waals surface area contributed by atoms with Gasteiger partial charge < -0.3 is 5.32 Å². The van der Waals surface area contributed by atoms with Crippen LogP contribution < -0.4 is 5.32 Å². The zero-order valence-electron chi connectivity index (χ0n) is 10.5. The summed E-state index contributed by atoms with van der Waals surface area (Å²) >= 11 is 6.12. The smallest absolute Gasteiger partial charge is 0.165 e. The summed E-state index contributed by atoms with van der Waals surface area (Å²) in [5, 5.41) is 15.7. The fourth-order valence-corrected chi connectivity index (χ4v) is 1.75. The fourth-order valence-electron chi connectivity index (χ4n) is 1.56. The van der Waals surface area contributed by atoms with E-state index in [1.807, 2.05) is 24.3 Å². The molecule has 96 valence electrons. The largest absolute Gasteiger partial charge is 0.308 e. The molecule has 0 aliphatic carbocycles. The lowest BCUT2D eigenvalue weighted by Crippen LogP contribution is -2.24. The molecule has 18 heavy (non-hydrogen) atoms. The molecule has 5 nitrogen and oxygen atoms in total. The van der Waals surface area contributed by atoms with Crippen molar-refractivity contribution in [1.82, 2.24) is 25.5 Å². The molecule has 0 aliphatic rings. The second-order valence-electron chi connectivity index (χ2n) is 4.38. The van der Waals surface area contributed by atoms with Gasteiger partial charge in [0.15, 0.2) is 5.82 Å². The molecule has 2 rings (SSSR count). The lowest BCUT2D eigenvalue weighted by atomic mass is 10.2. The summed E-state index contributed by atoms with van der Waals surface area (Å²) in [4.78, 5) is 0. The monoisotopic (exact) mass is 265 g/mol. The van der Waals surface area contributed by atoms with E-state index in [1.54, 1.807) is 4.68 Å². The number of hydrogen-bond donors (Lipinski definition) is 1. The van der Waals surface area contributed by atoms with Crippen LogP contribution in [-0.2, 0) is 13.1 Å². The minimum Gasteiger partial charge on any atom is -0.308 e. The van der Waals surface area contributed by atoms with E-state index >= 15 is 0 Å². The number of nitrogens with one attached hydrogen (secondary N) is 1. The Morgan fingerprint density at radius 2 is 2.11 bits per heavy atom. The zero-order chi connectivity index (χ0) is 13.0. The van der Waals surface area contributed by atoms with Crippen LogP contribution in [0, 0.1) is 0 Å². The molecular weight excluding hydrogens is 250 g/mol. The van der Waals surface area contributed by atoms with Crippen molar-refractivity contribution >= 4 is 11.6 Å². The molecule has 0 radical (unpaired) electrons. The number of aromatic nitrogens is 4. The highest BCUT2D eigenvalue weighted by molar-refractivity contribution is 6.31. The summed E-state index contributed by atoms with van der Waals surface area (Å²) in [5.41, 5.74) is 1.01. The van der Waals surface area contributed by atoms with Gasteiger partial charge in [0.25, 0.3) is 0 Å². The Labute approximate surface area is 111 Å². The van der Waals surface area contributed by atoms with Crippen LogP contribution in [0.3, 0.4) is 0 Å². The van der Waals surface area contributed by atoms with Gasteiger partial charge in [0.2, 0.25) is 0 Å². The van der Waals surface area contributed by atoms with Crippen molar-refractivity contribution in [3.63, 3.8) is 0 Å². The van der Waals surface area contributed by atoms with E-state index in [1.165, 1.54) is 0 Å². The number of halogens is 1. The Kier molecular flexibility index (Phi) is 4.28. The van der Waals surface area contributed by atoms with Gasteiger partial charge in [0.05, 0.1) is 13.1 Å².